The molecule has 5 heterocycles. The fourth-order valence-electron chi connectivity index (χ4n) is 9.96. The smallest absolute Gasteiger partial charge is 0.247 e. The predicted molar refractivity (Wildman–Crippen MR) is 308 cm³/mol. The van der Waals surface area contributed by atoms with E-state index in [1.54, 1.807) is 17.4 Å². The number of nitrogen functional groups attached to an aromatic ring is 1. The zero-order chi connectivity index (χ0) is 56.4. The first-order valence-electron chi connectivity index (χ1n) is 27.5. The number of nitrogens with zero attached hydrogens (tertiary/aromatic N) is 7. The van der Waals surface area contributed by atoms with E-state index in [-0.39, 0.29) is 68.8 Å². The van der Waals surface area contributed by atoms with Gasteiger partial charge in [-0.2, -0.15) is 5.10 Å². The molecule has 21 heteroatoms. The minimum Gasteiger partial charge on any atom is -0.455 e. The molecular formula is C59H75N11O9S. The number of aliphatic hydroxyl groups excluding tert-OH is 1. The highest BCUT2D eigenvalue weighted by Crippen LogP contribution is 2.39. The van der Waals surface area contributed by atoms with Crippen molar-refractivity contribution in [2.45, 2.75) is 96.9 Å². The Morgan fingerprint density at radius 1 is 0.875 bits per heavy atom. The first-order valence-corrected chi connectivity index (χ1v) is 28.4. The van der Waals surface area contributed by atoms with Crippen LogP contribution in [0.1, 0.15) is 82.5 Å². The maximum atomic E-state index is 13.5. The van der Waals surface area contributed by atoms with Crippen LogP contribution < -0.4 is 26.4 Å². The van der Waals surface area contributed by atoms with E-state index in [1.165, 1.54) is 17.3 Å². The molecule has 426 valence electrons. The van der Waals surface area contributed by atoms with E-state index in [0.29, 0.717) is 72.7 Å². The summed E-state index contributed by atoms with van der Waals surface area (Å²) in [5, 5.41) is 24.9. The van der Waals surface area contributed by atoms with Crippen molar-refractivity contribution >= 4 is 57.5 Å². The number of likely N-dealkylation sites (tertiary alicyclic amines) is 2. The number of ether oxygens (including phenoxy) is 4. The zero-order valence-corrected chi connectivity index (χ0v) is 46.9. The van der Waals surface area contributed by atoms with E-state index in [1.807, 2.05) is 97.7 Å². The third-order valence-electron chi connectivity index (χ3n) is 14.3. The number of aliphatic hydroxyl groups is 1. The number of aryl methyl sites for hydroxylation is 1. The molecule has 2 saturated heterocycles. The summed E-state index contributed by atoms with van der Waals surface area (Å²) in [6, 6.07) is 22.2. The van der Waals surface area contributed by atoms with Crippen molar-refractivity contribution in [1.82, 2.24) is 45.2 Å². The Morgan fingerprint density at radius 3 is 2.34 bits per heavy atom. The van der Waals surface area contributed by atoms with Crippen molar-refractivity contribution in [3.05, 3.63) is 109 Å². The van der Waals surface area contributed by atoms with E-state index < -0.39 is 17.6 Å². The molecule has 6 N–H and O–H groups in total. The predicted octanol–water partition coefficient (Wildman–Crippen LogP) is 7.48. The number of hydrogen-bond donors (Lipinski definition) is 5. The number of fused-ring (bicyclic) bond motifs is 1. The molecule has 2 aliphatic heterocycles. The number of unbranched alkanes of at least 4 members (excludes halogenated alkanes) is 3. The molecule has 0 radical (unpaired) electrons. The Kier molecular flexibility index (Phi) is 21.3. The highest BCUT2D eigenvalue weighted by molar-refractivity contribution is 7.13. The molecule has 0 saturated carbocycles. The van der Waals surface area contributed by atoms with Crippen LogP contribution in [0.5, 0.6) is 11.5 Å². The van der Waals surface area contributed by atoms with E-state index >= 15 is 0 Å². The van der Waals surface area contributed by atoms with Gasteiger partial charge in [-0.05, 0) is 92.1 Å². The molecule has 8 rings (SSSR count). The number of carbonyl (C=O) groups is 4. The number of para-hydroxylation sites is 1. The lowest BCUT2D eigenvalue weighted by Gasteiger charge is -2.32. The van der Waals surface area contributed by atoms with Crippen LogP contribution in [0.2, 0.25) is 0 Å². The molecule has 0 spiro atoms. The monoisotopic (exact) mass is 1110 g/mol. The van der Waals surface area contributed by atoms with Crippen LogP contribution in [-0.4, -0.2) is 148 Å². The van der Waals surface area contributed by atoms with E-state index in [4.69, 9.17) is 29.8 Å². The van der Waals surface area contributed by atoms with Crippen LogP contribution in [0.15, 0.2) is 97.3 Å². The molecule has 6 aromatic rings. The Labute approximate surface area is 471 Å². The van der Waals surface area contributed by atoms with Crippen molar-refractivity contribution in [2.75, 3.05) is 83.4 Å². The van der Waals surface area contributed by atoms with E-state index in [9.17, 15) is 24.3 Å². The lowest BCUT2D eigenvalue weighted by Crippen LogP contribution is -2.47. The number of anilines is 2. The highest BCUT2D eigenvalue weighted by atomic mass is 32.1. The summed E-state index contributed by atoms with van der Waals surface area (Å²) in [4.78, 5) is 70.1. The van der Waals surface area contributed by atoms with Gasteiger partial charge in [-0.25, -0.2) is 19.6 Å². The standard InChI is InChI=1S/C59H75N11O9S/c1-5-50(72)66-47-31-43(19-20-49(47)79-46-13-9-8-10-14-46)54-53-56(60)63-38-64-57(53)70(67-54)44-21-24-68(25-22-44)23-11-6-7-12-26-76-27-28-77-29-30-78-36-51(73)62-37-59(3,4)33-52(74)69-35-45(71)32-48(69)58(75)61-34-41-15-17-42(18-16-41)55-40(2)65-39-80-55/h5,8-10,13-20,31,38-39,44-45,48,71H,1,6-7,11-12,21-30,32-37H2,2-4H3,(H,61,75)(H,62,73)(H,66,72)(H2,60,63,64)/t45-,48+/m1/s1. The number of nitrogens with two attached hydrogens (primary N) is 1. The number of benzene rings is 3. The molecule has 4 amide bonds. The fourth-order valence-corrected chi connectivity index (χ4v) is 10.8. The van der Waals surface area contributed by atoms with Gasteiger partial charge in [-0.3, -0.25) is 19.2 Å². The van der Waals surface area contributed by atoms with Gasteiger partial charge in [0.15, 0.2) is 11.4 Å². The van der Waals surface area contributed by atoms with E-state index in [0.717, 1.165) is 85.4 Å². The Hall–Kier alpha value is -7.14. The van der Waals surface area contributed by atoms with Crippen molar-refractivity contribution in [3.63, 3.8) is 0 Å². The molecule has 2 atom stereocenters. The Balaban J connectivity index is 0.648. The summed E-state index contributed by atoms with van der Waals surface area (Å²) in [7, 11) is 0. The lowest BCUT2D eigenvalue weighted by atomic mass is 9.88. The number of hydrogen-bond acceptors (Lipinski definition) is 16. The van der Waals surface area contributed by atoms with Crippen molar-refractivity contribution in [2.24, 2.45) is 5.41 Å². The zero-order valence-electron chi connectivity index (χ0n) is 46.1. The number of aromatic nitrogens is 5. The maximum Gasteiger partial charge on any atom is 0.247 e. The number of rotatable bonds is 29. The highest BCUT2D eigenvalue weighted by Gasteiger charge is 2.40. The van der Waals surface area contributed by atoms with Crippen LogP contribution in [0, 0.1) is 12.3 Å². The molecule has 20 nitrogen and oxygen atoms in total. The summed E-state index contributed by atoms with van der Waals surface area (Å²) < 4.78 is 25.1. The normalized spacial score (nSPS) is 16.0. The van der Waals surface area contributed by atoms with Crippen molar-refractivity contribution in [1.29, 1.82) is 0 Å². The maximum absolute atomic E-state index is 13.5. The number of piperidine rings is 1. The molecule has 80 heavy (non-hydrogen) atoms. The van der Waals surface area contributed by atoms with Crippen molar-refractivity contribution < 1.29 is 43.2 Å². The molecular weight excluding hydrogens is 1040 g/mol. The first kappa shape index (κ1) is 59.0. The number of amides is 4. The van der Waals surface area contributed by atoms with Crippen LogP contribution >= 0.6 is 11.3 Å². The Morgan fingerprint density at radius 2 is 1.60 bits per heavy atom. The van der Waals surface area contributed by atoms with Gasteiger partial charge in [0.2, 0.25) is 23.6 Å². The minimum absolute atomic E-state index is 0.0780. The molecule has 3 aromatic carbocycles. The fraction of sp³-hybridized carbons (Fsp3) is 0.458. The van der Waals surface area contributed by atoms with Gasteiger partial charge in [0.1, 0.15) is 36.2 Å². The quantitative estimate of drug-likeness (QED) is 0.0226. The topological polar surface area (TPSA) is 251 Å². The largest absolute Gasteiger partial charge is 0.455 e. The molecule has 0 bridgehead atoms. The summed E-state index contributed by atoms with van der Waals surface area (Å²) in [5.41, 5.74) is 13.2. The Bertz CT molecular complexity index is 3020. The number of thiazole rings is 1. The average Bonchev–Trinajstić information content (AvgIpc) is 4.25. The van der Waals surface area contributed by atoms with Gasteiger partial charge in [0.05, 0.1) is 65.7 Å². The second-order valence-electron chi connectivity index (χ2n) is 21.1. The van der Waals surface area contributed by atoms with Gasteiger partial charge in [0, 0.05) is 57.7 Å². The first-order chi connectivity index (χ1) is 38.7. The summed E-state index contributed by atoms with van der Waals surface area (Å²) in [5.74, 6) is 0.197. The average molecular weight is 1110 g/mol. The SMILES string of the molecule is C=CC(=O)Nc1cc(-c2nn(C3CCN(CCCCCCOCCOCCOCC(=O)NCC(C)(C)CC(=O)N4C[C@H](O)C[C@H]4C(=O)NCc4ccc(-c5scnc5C)cc4)CC3)c3ncnc(N)c23)ccc1Oc1ccccc1. The molecule has 3 aromatic heterocycles. The van der Waals surface area contributed by atoms with Crippen LogP contribution in [0.25, 0.3) is 32.7 Å². The summed E-state index contributed by atoms with van der Waals surface area (Å²) >= 11 is 1.58. The summed E-state index contributed by atoms with van der Waals surface area (Å²) in [6.07, 6.45) is 8.24. The minimum atomic E-state index is -0.797. The van der Waals surface area contributed by atoms with Gasteiger partial charge in [0.25, 0.3) is 0 Å². The van der Waals surface area contributed by atoms with Gasteiger partial charge in [-0.15, -0.1) is 11.3 Å². The van der Waals surface area contributed by atoms with Gasteiger partial charge < -0.3 is 55.5 Å². The van der Waals surface area contributed by atoms with Crippen LogP contribution in [0.4, 0.5) is 11.5 Å². The second-order valence-corrected chi connectivity index (χ2v) is 21.9. The molecule has 2 aliphatic rings. The van der Waals surface area contributed by atoms with E-state index in [2.05, 4.69) is 42.4 Å². The third-order valence-corrected chi connectivity index (χ3v) is 15.3. The van der Waals surface area contributed by atoms with Crippen LogP contribution in [-0.2, 0) is 39.9 Å². The third kappa shape index (κ3) is 16.5. The lowest BCUT2D eigenvalue weighted by molar-refractivity contribution is -0.140. The van der Waals surface area contributed by atoms with Crippen molar-refractivity contribution in [3.8, 4) is 33.2 Å². The number of β-amino-alcohol motifs (C(OH)–C–C–N with tert-alkyl or cyclic N) is 1. The number of carbonyl (C=O) groups excluding carboxylic acids is 4. The molecule has 0 aliphatic carbocycles. The van der Waals surface area contributed by atoms with Gasteiger partial charge >= 0.3 is 0 Å². The number of nitrogens with one attached hydrogen (secondary N) is 3. The second kappa shape index (κ2) is 28.8. The molecule has 2 fully saturated rings. The van der Waals surface area contributed by atoms with Crippen LogP contribution in [0.3, 0.4) is 0 Å². The molecule has 0 unspecified atom stereocenters. The summed E-state index contributed by atoms with van der Waals surface area (Å²) in [6.45, 7) is 14.9. The van der Waals surface area contributed by atoms with Gasteiger partial charge in [-0.1, -0.05) is 75.7 Å².